The molecule has 12 aromatic rings. The van der Waals surface area contributed by atoms with Gasteiger partial charge >= 0.3 is 24.1 Å². The van der Waals surface area contributed by atoms with Gasteiger partial charge in [0.05, 0.1) is 118 Å². The number of anilines is 12. The third-order valence-electron chi connectivity index (χ3n) is 21.4. The number of nitrogens with one attached hydrogen (secondary N) is 12. The molecule has 40 heteroatoms. The van der Waals surface area contributed by atoms with Gasteiger partial charge in [0.1, 0.15) is 48.6 Å². The van der Waals surface area contributed by atoms with E-state index in [4.69, 9.17) is 18.9 Å². The molecule has 0 bridgehead atoms. The maximum atomic E-state index is 13.0. The smallest absolute Gasteiger partial charge is 0.320 e. The summed E-state index contributed by atoms with van der Waals surface area (Å²) in [5.41, 5.74) is 8.86. The number of benzene rings is 4. The van der Waals surface area contributed by atoms with E-state index in [-0.39, 0.29) is 71.2 Å². The van der Waals surface area contributed by atoms with E-state index in [0.717, 1.165) is 63.4 Å². The summed E-state index contributed by atoms with van der Waals surface area (Å²) >= 11 is 0. The zero-order valence-corrected chi connectivity index (χ0v) is 77.5. The number of carbonyl (C=O) groups excluding carboxylic acids is 8. The Kier molecular flexibility index (Phi) is 31.3. The van der Waals surface area contributed by atoms with E-state index in [1.54, 1.807) is 125 Å². The molecule has 0 saturated heterocycles. The van der Waals surface area contributed by atoms with Gasteiger partial charge in [0.15, 0.2) is 69.4 Å². The van der Waals surface area contributed by atoms with Crippen molar-refractivity contribution in [2.75, 3.05) is 71.0 Å². The highest BCUT2D eigenvalue weighted by Crippen LogP contribution is 2.45. The number of Topliss-reactive ketones (excluding diaryl/α,β-unsaturated/α-hetero) is 4. The summed E-state index contributed by atoms with van der Waals surface area (Å²) in [5, 5.41) is 53.2. The van der Waals surface area contributed by atoms with Gasteiger partial charge in [0, 0.05) is 125 Å². The van der Waals surface area contributed by atoms with Gasteiger partial charge in [-0.15, -0.1) is 0 Å². The fraction of sp³-hybridized carbons (Fsp3) is 0.362. The van der Waals surface area contributed by atoms with Gasteiger partial charge in [-0.25, -0.2) is 59.0 Å². The Morgan fingerprint density at radius 3 is 0.978 bits per heavy atom. The number of ether oxygens (including phenoxy) is 4. The average molecular weight is 1830 g/mol. The molecule has 40 nitrogen and oxygen atoms in total. The van der Waals surface area contributed by atoms with Gasteiger partial charge in [-0.1, -0.05) is 38.1 Å². The minimum Gasteiger partial charge on any atom is -0.494 e. The van der Waals surface area contributed by atoms with Gasteiger partial charge in [-0.05, 0) is 155 Å². The highest BCUT2D eigenvalue weighted by Gasteiger charge is 2.35. The predicted octanol–water partition coefficient (Wildman–Crippen LogP) is 16.3. The van der Waals surface area contributed by atoms with Gasteiger partial charge in [0.25, 0.3) is 0 Å². The number of pyridine rings is 4. The summed E-state index contributed by atoms with van der Waals surface area (Å²) in [6.07, 6.45) is 21.8. The summed E-state index contributed by atoms with van der Waals surface area (Å²) in [6.45, 7) is 18.3. The second-order valence-electron chi connectivity index (χ2n) is 33.3. The Bertz CT molecular complexity index is 6260. The number of aromatic nitrogens is 16. The molecule has 0 spiro atoms. The highest BCUT2D eigenvalue weighted by atomic mass is 16.5. The SMILES string of the molecule is CCC(=O)c1cnc(NC(=O)NC(C)(C)C)cc1Nc1cccc(-c2ncn(CC)n2)c1OC.CCC(=O)c1cnc(NC(=O)NC2CC2)cc1Nc1cccc(-c2ncn(CC)n2)c1OC.COc1c(Nc2cc(NC(=O)NC(C)C)ncc2C(=O)C2CC2)cccc1-c1ncn(C)n1.COc1c(Nc2cc(NC(=O)NC3CCC3)ncc2C(=O)C2CC2)cccc1-c1ncn(C)n1. The van der Waals surface area contributed by atoms with Crippen molar-refractivity contribution in [1.29, 1.82) is 0 Å². The maximum absolute atomic E-state index is 13.0. The lowest BCUT2D eigenvalue weighted by Crippen LogP contribution is -2.43. The van der Waals surface area contributed by atoms with E-state index in [0.29, 0.717) is 180 Å². The summed E-state index contributed by atoms with van der Waals surface area (Å²) < 4.78 is 29.5. The van der Waals surface area contributed by atoms with Crippen molar-refractivity contribution < 1.29 is 57.3 Å². The van der Waals surface area contributed by atoms with Crippen molar-refractivity contribution in [2.24, 2.45) is 25.9 Å². The minimum atomic E-state index is -0.407. The number of aryl methyl sites for hydroxylation is 4. The number of carbonyl (C=O) groups is 8. The number of amides is 8. The summed E-state index contributed by atoms with van der Waals surface area (Å²) in [4.78, 5) is 134. The number of para-hydroxylation sites is 4. The van der Waals surface area contributed by atoms with E-state index in [1.165, 1.54) is 24.8 Å². The molecule has 4 aromatic carbocycles. The molecule has 0 radical (unpaired) electrons. The lowest BCUT2D eigenvalue weighted by molar-refractivity contribution is 0.0960. The topological polar surface area (TPSA) is 492 Å². The molecule has 16 rings (SSSR count). The minimum absolute atomic E-state index is 0.0151. The molecule has 700 valence electrons. The Balaban J connectivity index is 0.000000152. The zero-order valence-electron chi connectivity index (χ0n) is 77.5. The first-order valence-electron chi connectivity index (χ1n) is 44.3. The molecule has 134 heavy (non-hydrogen) atoms. The molecule has 4 fully saturated rings. The van der Waals surface area contributed by atoms with E-state index in [1.807, 2.05) is 121 Å². The maximum Gasteiger partial charge on any atom is 0.320 e. The molecular formula is C94H112N28O12. The molecule has 12 N–H and O–H groups in total. The predicted molar refractivity (Wildman–Crippen MR) is 509 cm³/mol. The first kappa shape index (κ1) is 95.8. The summed E-state index contributed by atoms with van der Waals surface area (Å²) in [7, 11) is 9.87. The van der Waals surface area contributed by atoms with Crippen LogP contribution in [0.4, 0.5) is 87.9 Å². The van der Waals surface area contributed by atoms with Crippen molar-refractivity contribution in [3.8, 4) is 68.5 Å². The molecule has 8 heterocycles. The van der Waals surface area contributed by atoms with Crippen LogP contribution >= 0.6 is 0 Å². The molecule has 4 saturated carbocycles. The van der Waals surface area contributed by atoms with Crippen molar-refractivity contribution in [2.45, 2.75) is 170 Å². The largest absolute Gasteiger partial charge is 0.494 e. The van der Waals surface area contributed by atoms with E-state index >= 15 is 0 Å². The fourth-order valence-corrected chi connectivity index (χ4v) is 14.0. The van der Waals surface area contributed by atoms with E-state index in [2.05, 4.69) is 124 Å². The van der Waals surface area contributed by atoms with Gasteiger partial charge < -0.3 is 61.5 Å². The zero-order chi connectivity index (χ0) is 95.4. The van der Waals surface area contributed by atoms with Crippen LogP contribution in [0.1, 0.15) is 174 Å². The van der Waals surface area contributed by atoms with Crippen molar-refractivity contribution in [3.05, 3.63) is 169 Å². The van der Waals surface area contributed by atoms with Crippen LogP contribution < -0.4 is 82.7 Å². The fourth-order valence-electron chi connectivity index (χ4n) is 14.0. The number of hydrogen-bond acceptors (Lipinski definition) is 28. The van der Waals surface area contributed by atoms with Crippen molar-refractivity contribution >= 4 is 116 Å². The van der Waals surface area contributed by atoms with Crippen LogP contribution in [0.25, 0.3) is 45.6 Å². The normalized spacial score (nSPS) is 13.1. The second kappa shape index (κ2) is 43.7. The Hall–Kier alpha value is -15.8. The Labute approximate surface area is 774 Å². The quantitative estimate of drug-likeness (QED) is 0.0170. The number of nitrogens with zero attached hydrogens (tertiary/aromatic N) is 16. The molecule has 0 unspecified atom stereocenters. The third kappa shape index (κ3) is 25.0. The monoisotopic (exact) mass is 1820 g/mol. The van der Waals surface area contributed by atoms with Crippen molar-refractivity contribution in [3.63, 3.8) is 0 Å². The lowest BCUT2D eigenvalue weighted by Gasteiger charge is -2.26. The summed E-state index contributed by atoms with van der Waals surface area (Å²) in [5.74, 6) is 5.55. The Morgan fingerprint density at radius 1 is 0.388 bits per heavy atom. The van der Waals surface area contributed by atoms with Crippen LogP contribution in [-0.2, 0) is 27.2 Å². The molecule has 0 aliphatic heterocycles. The molecule has 8 aromatic heterocycles. The molecule has 4 aliphatic rings. The van der Waals surface area contributed by atoms with Crippen LogP contribution in [-0.4, -0.2) is 178 Å². The van der Waals surface area contributed by atoms with E-state index < -0.39 is 11.6 Å². The lowest BCUT2D eigenvalue weighted by atomic mass is 9.93. The van der Waals surface area contributed by atoms with Crippen LogP contribution in [0.5, 0.6) is 23.0 Å². The van der Waals surface area contributed by atoms with Crippen LogP contribution in [0.3, 0.4) is 0 Å². The number of rotatable bonds is 33. The summed E-state index contributed by atoms with van der Waals surface area (Å²) in [6, 6.07) is 27.9. The highest BCUT2D eigenvalue weighted by molar-refractivity contribution is 6.08. The number of hydrogen-bond donors (Lipinski definition) is 12. The number of ketones is 4. The van der Waals surface area contributed by atoms with Gasteiger partial charge in [0.2, 0.25) is 0 Å². The van der Waals surface area contributed by atoms with Crippen LogP contribution in [0.2, 0.25) is 0 Å². The first-order valence-corrected chi connectivity index (χ1v) is 44.3. The average Bonchev–Trinajstić information content (AvgIpc) is 1.73. The third-order valence-corrected chi connectivity index (χ3v) is 21.4. The molecule has 0 atom stereocenters. The van der Waals surface area contributed by atoms with E-state index in [9.17, 15) is 38.4 Å². The molecule has 4 aliphatic carbocycles. The standard InChI is InChI=1S/C24H27N7O3.C24H31N7O3.2C23H27N7O3/c1-31-13-26-23(30-31)16-7-4-8-18(22(16)34-2)28-19-11-20(29-24(33)27-15-5-3-6-15)25-12-17(19)21(32)14-9-10-14;1-7-19(32)16-13-25-20(28-23(33)29-24(3,4)5)12-18(16)27-17-11-9-10-15(21(17)34-6)22-26-14-31(8-2)30-22;1-13(2)26-23(32)28-19-10-18(16(11-24-19)20(31)14-8-9-14)27-17-7-5-6-15(21(17)33-4)22-25-12-30(3)29-22;1-4-19(31)16-12-24-20(28-23(32)26-14-9-10-14)11-18(16)27-17-8-6-7-15(21(17)33-3)22-25-13-30(5-2)29-22/h4,7-8,11-15H,3,5-6,9-10H2,1-2H3,(H3,25,27,28,29,33);9-14H,7-8H2,1-6H3,(H3,25,27,28,29,33);5-7,10-14H,8-9H2,1-4H3,(H3,24,26,27,28,32);6-8,11-14H,4-5,9-10H2,1-3H3,(H3,24,26,27,28,32). The number of urea groups is 4. The van der Waals surface area contributed by atoms with Crippen molar-refractivity contribution in [1.82, 2.24) is 100 Å². The first-order chi connectivity index (χ1) is 64.5. The number of methoxy groups -OCH3 is 4. The second-order valence-corrected chi connectivity index (χ2v) is 33.3. The Morgan fingerprint density at radius 2 is 0.701 bits per heavy atom. The molecular weight excluding hydrogens is 1710 g/mol. The van der Waals surface area contributed by atoms with Gasteiger partial charge in [-0.2, -0.15) is 20.4 Å². The van der Waals surface area contributed by atoms with Crippen LogP contribution in [0.15, 0.2) is 147 Å². The van der Waals surface area contributed by atoms with Crippen LogP contribution in [0, 0.1) is 11.8 Å². The molecule has 8 amide bonds. The van der Waals surface area contributed by atoms with Gasteiger partial charge in [-0.3, -0.25) is 59.2 Å².